The first kappa shape index (κ1) is 17.7. The molecule has 0 aliphatic heterocycles. The van der Waals surface area contributed by atoms with E-state index >= 15 is 0 Å². The fourth-order valence-electron chi connectivity index (χ4n) is 1.70. The maximum atomic E-state index is 11.9. The van der Waals surface area contributed by atoms with Crippen molar-refractivity contribution in [1.29, 1.82) is 0 Å². The molecule has 0 spiro atoms. The van der Waals surface area contributed by atoms with Gasteiger partial charge in [0.05, 0.1) is 0 Å². The molecule has 0 rings (SSSR count). The summed E-state index contributed by atoms with van der Waals surface area (Å²) in [4.78, 5) is 23.8. The number of hydrogen-bond donors (Lipinski definition) is 1. The molecule has 0 heterocycles. The number of aliphatic carboxylic acids is 1. The van der Waals surface area contributed by atoms with Crippen LogP contribution in [0.3, 0.4) is 0 Å². The molecule has 0 aromatic carbocycles. The Balaban J connectivity index is 4.27. The van der Waals surface area contributed by atoms with Gasteiger partial charge in [-0.25, -0.2) is 4.79 Å². The Bertz CT molecular complexity index is 296. The van der Waals surface area contributed by atoms with Crippen LogP contribution in [0.15, 0.2) is 0 Å². The van der Waals surface area contributed by atoms with Crippen molar-refractivity contribution in [2.24, 2.45) is 5.41 Å². The van der Waals surface area contributed by atoms with Crippen molar-refractivity contribution in [1.82, 2.24) is 4.90 Å². The summed E-state index contributed by atoms with van der Waals surface area (Å²) < 4.78 is 5.51. The Morgan fingerprint density at radius 1 is 1.32 bits per heavy atom. The SMILES string of the molecule is CCCC(OC(=O)N(C)CCCC(=O)O)C(C)(C)C. The summed E-state index contributed by atoms with van der Waals surface area (Å²) in [6.07, 6.45) is 1.80. The summed E-state index contributed by atoms with van der Waals surface area (Å²) in [6, 6.07) is 0. The van der Waals surface area contributed by atoms with Crippen LogP contribution >= 0.6 is 0 Å². The van der Waals surface area contributed by atoms with Gasteiger partial charge in [0.1, 0.15) is 6.10 Å². The van der Waals surface area contributed by atoms with Crippen LogP contribution in [-0.2, 0) is 9.53 Å². The molecule has 0 aliphatic rings. The second kappa shape index (κ2) is 8.02. The third-order valence-electron chi connectivity index (χ3n) is 2.96. The number of carboxylic acids is 1. The molecule has 0 aliphatic carbocycles. The molecule has 5 heteroatoms. The Hall–Kier alpha value is -1.26. The van der Waals surface area contributed by atoms with Gasteiger partial charge < -0.3 is 14.7 Å². The van der Waals surface area contributed by atoms with E-state index in [9.17, 15) is 9.59 Å². The Morgan fingerprint density at radius 2 is 1.89 bits per heavy atom. The summed E-state index contributed by atoms with van der Waals surface area (Å²) in [5.41, 5.74) is -0.0897. The van der Waals surface area contributed by atoms with Crippen molar-refractivity contribution in [3.05, 3.63) is 0 Å². The normalized spacial score (nSPS) is 12.9. The molecule has 1 amide bonds. The lowest BCUT2D eigenvalue weighted by Gasteiger charge is -2.31. The fourth-order valence-corrected chi connectivity index (χ4v) is 1.70. The van der Waals surface area contributed by atoms with Crippen molar-refractivity contribution in [2.75, 3.05) is 13.6 Å². The number of carbonyl (C=O) groups excluding carboxylic acids is 1. The highest BCUT2D eigenvalue weighted by Gasteiger charge is 2.28. The van der Waals surface area contributed by atoms with Crippen LogP contribution in [0.25, 0.3) is 0 Å². The molecule has 1 N–H and O–H groups in total. The lowest BCUT2D eigenvalue weighted by molar-refractivity contribution is -0.137. The van der Waals surface area contributed by atoms with Gasteiger partial charge in [-0.15, -0.1) is 0 Å². The second-order valence-electron chi connectivity index (χ2n) is 5.95. The number of carboxylic acid groups (broad SMARTS) is 1. The highest BCUT2D eigenvalue weighted by molar-refractivity contribution is 5.68. The lowest BCUT2D eigenvalue weighted by Crippen LogP contribution is -2.37. The summed E-state index contributed by atoms with van der Waals surface area (Å²) in [5.74, 6) is -0.847. The molecule has 0 radical (unpaired) electrons. The maximum absolute atomic E-state index is 11.9. The predicted octanol–water partition coefficient (Wildman–Crippen LogP) is 3.13. The van der Waals surface area contributed by atoms with E-state index in [-0.39, 0.29) is 24.0 Å². The summed E-state index contributed by atoms with van der Waals surface area (Å²) in [7, 11) is 1.63. The second-order valence-corrected chi connectivity index (χ2v) is 5.95. The third kappa shape index (κ3) is 7.70. The van der Waals surface area contributed by atoms with Gasteiger partial charge in [-0.2, -0.15) is 0 Å². The van der Waals surface area contributed by atoms with Crippen molar-refractivity contribution in [3.63, 3.8) is 0 Å². The van der Waals surface area contributed by atoms with Crippen molar-refractivity contribution >= 4 is 12.1 Å². The molecule has 1 atom stereocenters. The van der Waals surface area contributed by atoms with Crippen molar-refractivity contribution in [3.8, 4) is 0 Å². The first-order chi connectivity index (χ1) is 8.68. The molecule has 5 nitrogen and oxygen atoms in total. The number of hydrogen-bond acceptors (Lipinski definition) is 3. The average molecular weight is 273 g/mol. The minimum absolute atomic E-state index is 0.0648. The van der Waals surface area contributed by atoms with Gasteiger partial charge in [0.2, 0.25) is 0 Å². The van der Waals surface area contributed by atoms with Gasteiger partial charge in [-0.05, 0) is 18.3 Å². The van der Waals surface area contributed by atoms with E-state index < -0.39 is 5.97 Å². The zero-order valence-electron chi connectivity index (χ0n) is 12.7. The predicted molar refractivity (Wildman–Crippen MR) is 74.1 cm³/mol. The molecular formula is C14H27NO4. The molecule has 0 aromatic rings. The highest BCUT2D eigenvalue weighted by atomic mass is 16.6. The van der Waals surface area contributed by atoms with Crippen LogP contribution in [0.2, 0.25) is 0 Å². The van der Waals surface area contributed by atoms with Crippen LogP contribution in [-0.4, -0.2) is 41.8 Å². The van der Waals surface area contributed by atoms with E-state index in [2.05, 4.69) is 6.92 Å². The van der Waals surface area contributed by atoms with Crippen LogP contribution < -0.4 is 0 Å². The van der Waals surface area contributed by atoms with Gasteiger partial charge in [0.15, 0.2) is 0 Å². The van der Waals surface area contributed by atoms with E-state index in [1.165, 1.54) is 4.90 Å². The monoisotopic (exact) mass is 273 g/mol. The van der Waals surface area contributed by atoms with Gasteiger partial charge in [0.25, 0.3) is 0 Å². The smallest absolute Gasteiger partial charge is 0.409 e. The largest absolute Gasteiger partial charge is 0.481 e. The zero-order chi connectivity index (χ0) is 15.1. The summed E-state index contributed by atoms with van der Waals surface area (Å²) in [6.45, 7) is 8.60. The van der Waals surface area contributed by atoms with E-state index in [0.717, 1.165) is 12.8 Å². The maximum Gasteiger partial charge on any atom is 0.409 e. The number of rotatable bonds is 7. The van der Waals surface area contributed by atoms with E-state index in [4.69, 9.17) is 9.84 Å². The van der Waals surface area contributed by atoms with Gasteiger partial charge >= 0.3 is 12.1 Å². The van der Waals surface area contributed by atoms with E-state index in [1.54, 1.807) is 7.05 Å². The quantitative estimate of drug-likeness (QED) is 0.773. The molecule has 0 bridgehead atoms. The molecule has 0 saturated carbocycles. The number of amides is 1. The van der Waals surface area contributed by atoms with Gasteiger partial charge in [0, 0.05) is 20.0 Å². The Kier molecular flexibility index (Phi) is 7.49. The van der Waals surface area contributed by atoms with Crippen LogP contribution in [0.4, 0.5) is 4.79 Å². The summed E-state index contributed by atoms with van der Waals surface area (Å²) in [5, 5.41) is 8.55. The molecule has 112 valence electrons. The first-order valence-corrected chi connectivity index (χ1v) is 6.82. The van der Waals surface area contributed by atoms with Crippen molar-refractivity contribution in [2.45, 2.75) is 59.5 Å². The Morgan fingerprint density at radius 3 is 2.32 bits per heavy atom. The Labute approximate surface area is 115 Å². The molecular weight excluding hydrogens is 246 g/mol. The van der Waals surface area contributed by atoms with Gasteiger partial charge in [-0.3, -0.25) is 4.79 Å². The number of ether oxygens (including phenoxy) is 1. The lowest BCUT2D eigenvalue weighted by atomic mass is 9.86. The zero-order valence-corrected chi connectivity index (χ0v) is 12.7. The molecule has 19 heavy (non-hydrogen) atoms. The first-order valence-electron chi connectivity index (χ1n) is 6.82. The number of nitrogens with zero attached hydrogens (tertiary/aromatic N) is 1. The molecule has 0 aromatic heterocycles. The minimum Gasteiger partial charge on any atom is -0.481 e. The average Bonchev–Trinajstić information content (AvgIpc) is 2.26. The van der Waals surface area contributed by atoms with Gasteiger partial charge in [-0.1, -0.05) is 34.1 Å². The highest BCUT2D eigenvalue weighted by Crippen LogP contribution is 2.26. The third-order valence-corrected chi connectivity index (χ3v) is 2.96. The van der Waals surface area contributed by atoms with Crippen LogP contribution in [0.1, 0.15) is 53.4 Å². The molecule has 1 unspecified atom stereocenters. The molecule has 0 fully saturated rings. The van der Waals surface area contributed by atoms with Crippen LogP contribution in [0.5, 0.6) is 0 Å². The van der Waals surface area contributed by atoms with E-state index in [1.807, 2.05) is 20.8 Å². The summed E-state index contributed by atoms with van der Waals surface area (Å²) >= 11 is 0. The number of carbonyl (C=O) groups is 2. The molecule has 0 saturated heterocycles. The van der Waals surface area contributed by atoms with Crippen molar-refractivity contribution < 1.29 is 19.4 Å². The minimum atomic E-state index is -0.847. The fraction of sp³-hybridized carbons (Fsp3) is 0.857. The van der Waals surface area contributed by atoms with Crippen LogP contribution in [0, 0.1) is 5.41 Å². The standard InChI is InChI=1S/C14H27NO4/c1-6-8-11(14(2,3)4)19-13(18)15(5)10-7-9-12(16)17/h11H,6-10H2,1-5H3,(H,16,17). The topological polar surface area (TPSA) is 66.8 Å². The van der Waals surface area contributed by atoms with E-state index in [0.29, 0.717) is 13.0 Å².